The van der Waals surface area contributed by atoms with E-state index in [0.29, 0.717) is 43.7 Å². The third kappa shape index (κ3) is 5.42. The zero-order chi connectivity index (χ0) is 19.8. The fourth-order valence-electron chi connectivity index (χ4n) is 2.87. The van der Waals surface area contributed by atoms with Crippen molar-refractivity contribution in [2.24, 2.45) is 0 Å². The summed E-state index contributed by atoms with van der Waals surface area (Å²) in [4.78, 5) is 24.1. The SMILES string of the molecule is CCOC(=O)c1cccc(NC(=O)CCc2c(C)nn(CCC#N)c2C)c1. The summed E-state index contributed by atoms with van der Waals surface area (Å²) in [6, 6.07) is 8.80. The second-order valence-electron chi connectivity index (χ2n) is 6.13. The molecule has 0 aliphatic carbocycles. The zero-order valence-electron chi connectivity index (χ0n) is 15.9. The van der Waals surface area contributed by atoms with Crippen molar-refractivity contribution >= 4 is 17.6 Å². The summed E-state index contributed by atoms with van der Waals surface area (Å²) < 4.78 is 6.78. The summed E-state index contributed by atoms with van der Waals surface area (Å²) in [6.45, 7) is 6.46. The number of benzene rings is 1. The van der Waals surface area contributed by atoms with Crippen LogP contribution < -0.4 is 5.32 Å². The number of ether oxygens (including phenoxy) is 1. The van der Waals surface area contributed by atoms with E-state index in [2.05, 4.69) is 16.5 Å². The predicted molar refractivity (Wildman–Crippen MR) is 101 cm³/mol. The Balaban J connectivity index is 1.97. The molecule has 0 saturated carbocycles. The van der Waals surface area contributed by atoms with Crippen molar-refractivity contribution in [2.45, 2.75) is 46.6 Å². The molecule has 0 aliphatic heterocycles. The molecule has 0 unspecified atom stereocenters. The molecule has 0 saturated heterocycles. The Morgan fingerprint density at radius 2 is 2.11 bits per heavy atom. The lowest BCUT2D eigenvalue weighted by Gasteiger charge is -2.08. The first-order chi connectivity index (χ1) is 13.0. The number of nitrogens with one attached hydrogen (secondary N) is 1. The van der Waals surface area contributed by atoms with Crippen LogP contribution in [-0.4, -0.2) is 28.3 Å². The molecule has 0 spiro atoms. The minimum Gasteiger partial charge on any atom is -0.462 e. The fourth-order valence-corrected chi connectivity index (χ4v) is 2.87. The van der Waals surface area contributed by atoms with Crippen molar-refractivity contribution in [3.05, 3.63) is 46.8 Å². The molecular weight excluding hydrogens is 344 g/mol. The van der Waals surface area contributed by atoms with Crippen molar-refractivity contribution in [1.82, 2.24) is 9.78 Å². The van der Waals surface area contributed by atoms with E-state index in [4.69, 9.17) is 10.00 Å². The molecule has 142 valence electrons. The highest BCUT2D eigenvalue weighted by Gasteiger charge is 2.14. The molecule has 0 atom stereocenters. The Morgan fingerprint density at radius 1 is 1.33 bits per heavy atom. The van der Waals surface area contributed by atoms with Gasteiger partial charge in [-0.1, -0.05) is 6.07 Å². The summed E-state index contributed by atoms with van der Waals surface area (Å²) in [7, 11) is 0. The van der Waals surface area contributed by atoms with Gasteiger partial charge < -0.3 is 10.1 Å². The van der Waals surface area contributed by atoms with Crippen LogP contribution in [0.15, 0.2) is 24.3 Å². The van der Waals surface area contributed by atoms with Crippen LogP contribution in [0.25, 0.3) is 0 Å². The Morgan fingerprint density at radius 3 is 2.81 bits per heavy atom. The number of rotatable bonds is 8. The van der Waals surface area contributed by atoms with Gasteiger partial charge in [0.05, 0.1) is 36.9 Å². The molecule has 0 bridgehead atoms. The third-order valence-corrected chi connectivity index (χ3v) is 4.23. The van der Waals surface area contributed by atoms with E-state index < -0.39 is 5.97 Å². The number of aromatic nitrogens is 2. The molecule has 1 N–H and O–H groups in total. The molecule has 2 rings (SSSR count). The molecule has 1 heterocycles. The van der Waals surface area contributed by atoms with Crippen molar-refractivity contribution < 1.29 is 14.3 Å². The molecule has 1 aromatic carbocycles. The summed E-state index contributed by atoms with van der Waals surface area (Å²) in [6.07, 6.45) is 1.27. The quantitative estimate of drug-likeness (QED) is 0.722. The van der Waals surface area contributed by atoms with Crippen molar-refractivity contribution in [3.63, 3.8) is 0 Å². The number of esters is 1. The van der Waals surface area contributed by atoms with Crippen LogP contribution in [0.3, 0.4) is 0 Å². The van der Waals surface area contributed by atoms with Crippen LogP contribution in [0.1, 0.15) is 47.1 Å². The fraction of sp³-hybridized carbons (Fsp3) is 0.400. The molecule has 1 amide bonds. The van der Waals surface area contributed by atoms with E-state index in [-0.39, 0.29) is 5.91 Å². The van der Waals surface area contributed by atoms with Gasteiger partial charge in [0.1, 0.15) is 0 Å². The number of nitriles is 1. The first-order valence-corrected chi connectivity index (χ1v) is 8.93. The van der Waals surface area contributed by atoms with Gasteiger partial charge in [0.25, 0.3) is 0 Å². The Labute approximate surface area is 158 Å². The van der Waals surface area contributed by atoms with Crippen LogP contribution in [-0.2, 0) is 22.5 Å². The van der Waals surface area contributed by atoms with Gasteiger partial charge in [-0.15, -0.1) is 0 Å². The van der Waals surface area contributed by atoms with Crippen LogP contribution in [0.5, 0.6) is 0 Å². The minimum absolute atomic E-state index is 0.139. The number of hydrogen-bond acceptors (Lipinski definition) is 5. The third-order valence-electron chi connectivity index (χ3n) is 4.23. The maximum Gasteiger partial charge on any atom is 0.338 e. The summed E-state index contributed by atoms with van der Waals surface area (Å²) in [5.74, 6) is -0.552. The van der Waals surface area contributed by atoms with Crippen LogP contribution in [0.2, 0.25) is 0 Å². The second kappa shape index (κ2) is 9.53. The molecular formula is C20H24N4O3. The molecule has 2 aromatic rings. The highest BCUT2D eigenvalue weighted by Crippen LogP contribution is 2.17. The highest BCUT2D eigenvalue weighted by atomic mass is 16.5. The average Bonchev–Trinajstić information content (AvgIpc) is 2.92. The first kappa shape index (κ1) is 20.2. The molecule has 0 radical (unpaired) electrons. The van der Waals surface area contributed by atoms with Gasteiger partial charge in [-0.3, -0.25) is 9.48 Å². The maximum absolute atomic E-state index is 12.3. The number of hydrogen-bond donors (Lipinski definition) is 1. The predicted octanol–water partition coefficient (Wildman–Crippen LogP) is 3.16. The normalized spacial score (nSPS) is 10.3. The standard InChI is InChI=1S/C20H24N4O3/c1-4-27-20(26)16-7-5-8-17(13-16)22-19(25)10-9-18-14(2)23-24(15(18)3)12-6-11-21/h5,7-8,13H,4,6,9-10,12H2,1-3H3,(H,22,25). The Bertz CT molecular complexity index is 865. The lowest BCUT2D eigenvalue weighted by molar-refractivity contribution is -0.116. The van der Waals surface area contributed by atoms with Crippen molar-refractivity contribution in [2.75, 3.05) is 11.9 Å². The number of carbonyl (C=O) groups is 2. The Hall–Kier alpha value is -3.14. The van der Waals surface area contributed by atoms with Crippen LogP contribution in [0, 0.1) is 25.2 Å². The van der Waals surface area contributed by atoms with Crippen LogP contribution in [0.4, 0.5) is 5.69 Å². The summed E-state index contributed by atoms with van der Waals surface area (Å²) in [5, 5.41) is 16.0. The largest absolute Gasteiger partial charge is 0.462 e. The number of nitrogens with zero attached hydrogens (tertiary/aromatic N) is 3. The molecule has 7 heteroatoms. The molecule has 27 heavy (non-hydrogen) atoms. The summed E-state index contributed by atoms with van der Waals surface area (Å²) >= 11 is 0. The first-order valence-electron chi connectivity index (χ1n) is 8.93. The minimum atomic E-state index is -0.412. The van der Waals surface area contributed by atoms with E-state index in [1.165, 1.54) is 0 Å². The van der Waals surface area contributed by atoms with Crippen LogP contribution >= 0.6 is 0 Å². The van der Waals surface area contributed by atoms with E-state index in [1.54, 1.807) is 31.2 Å². The number of carbonyl (C=O) groups excluding carboxylic acids is 2. The van der Waals surface area contributed by atoms with E-state index >= 15 is 0 Å². The van der Waals surface area contributed by atoms with E-state index in [0.717, 1.165) is 17.0 Å². The van der Waals surface area contributed by atoms with Gasteiger partial charge in [0.15, 0.2) is 0 Å². The monoisotopic (exact) mass is 368 g/mol. The summed E-state index contributed by atoms with van der Waals surface area (Å²) in [5.41, 5.74) is 3.86. The molecule has 0 aliphatic rings. The second-order valence-corrected chi connectivity index (χ2v) is 6.13. The lowest BCUT2D eigenvalue weighted by atomic mass is 10.1. The zero-order valence-corrected chi connectivity index (χ0v) is 15.9. The molecule has 1 aromatic heterocycles. The molecule has 0 fully saturated rings. The van der Waals surface area contributed by atoms with Gasteiger partial charge in [-0.05, 0) is 51.0 Å². The van der Waals surface area contributed by atoms with Crippen molar-refractivity contribution in [1.29, 1.82) is 5.26 Å². The lowest BCUT2D eigenvalue weighted by Crippen LogP contribution is -2.13. The number of anilines is 1. The average molecular weight is 368 g/mol. The smallest absolute Gasteiger partial charge is 0.338 e. The molecule has 7 nitrogen and oxygen atoms in total. The van der Waals surface area contributed by atoms with Gasteiger partial charge >= 0.3 is 5.97 Å². The Kier molecular flexibility index (Phi) is 7.12. The van der Waals surface area contributed by atoms with Gasteiger partial charge in [0.2, 0.25) is 5.91 Å². The van der Waals surface area contributed by atoms with Gasteiger partial charge in [0, 0.05) is 17.8 Å². The van der Waals surface area contributed by atoms with E-state index in [9.17, 15) is 9.59 Å². The van der Waals surface area contributed by atoms with E-state index in [1.807, 2.05) is 18.5 Å². The van der Waals surface area contributed by atoms with Crippen molar-refractivity contribution in [3.8, 4) is 6.07 Å². The number of amides is 1. The highest BCUT2D eigenvalue weighted by molar-refractivity contribution is 5.94. The van der Waals surface area contributed by atoms with Gasteiger partial charge in [-0.2, -0.15) is 10.4 Å². The number of aryl methyl sites for hydroxylation is 2. The maximum atomic E-state index is 12.3. The van der Waals surface area contributed by atoms with Gasteiger partial charge in [-0.25, -0.2) is 4.79 Å². The topological polar surface area (TPSA) is 97.0 Å².